The SMILES string of the molecule is CN1CCN(Cc2ccc(-c3cc(N(C)C)c4c(c3O)C(=O)C3=C(O)[C@@]5(O)C(=O)C(C(N)=O)=C(O)[C@@H](N(C)C)[C@@H]5C[C@H]3C4)cc2)CC1. The highest BCUT2D eigenvalue weighted by molar-refractivity contribution is 6.25. The maximum Gasteiger partial charge on any atom is 0.255 e. The number of Topliss-reactive ketones (excluding diaryl/α,β-unsaturated/α-hetero) is 2. The highest BCUT2D eigenvalue weighted by Crippen LogP contribution is 2.54. The van der Waals surface area contributed by atoms with Crippen LogP contribution in [0.15, 0.2) is 53.0 Å². The van der Waals surface area contributed by atoms with Crippen LogP contribution in [0.25, 0.3) is 11.1 Å². The third kappa shape index (κ3) is 5.10. The van der Waals surface area contributed by atoms with Gasteiger partial charge in [0.15, 0.2) is 11.4 Å². The van der Waals surface area contributed by atoms with Crippen LogP contribution in [-0.2, 0) is 22.6 Å². The molecule has 0 spiro atoms. The number of carbonyl (C=O) groups is 3. The zero-order valence-electron chi connectivity index (χ0n) is 27.4. The molecule has 1 amide bonds. The molecule has 0 radical (unpaired) electrons. The highest BCUT2D eigenvalue weighted by Gasteiger charge is 2.63. The maximum absolute atomic E-state index is 14.4. The topological polar surface area (TPSA) is 171 Å². The number of benzene rings is 2. The van der Waals surface area contributed by atoms with Crippen LogP contribution in [0.4, 0.5) is 5.69 Å². The van der Waals surface area contributed by atoms with Gasteiger partial charge in [-0.2, -0.15) is 0 Å². The van der Waals surface area contributed by atoms with Crippen molar-refractivity contribution >= 4 is 23.2 Å². The highest BCUT2D eigenvalue weighted by atomic mass is 16.3. The number of anilines is 1. The zero-order chi connectivity index (χ0) is 34.1. The fourth-order valence-electron chi connectivity index (χ4n) is 7.97. The van der Waals surface area contributed by atoms with Gasteiger partial charge in [0, 0.05) is 69.6 Å². The number of aliphatic hydroxyl groups excluding tert-OH is 2. The largest absolute Gasteiger partial charge is 0.510 e. The molecule has 3 aliphatic carbocycles. The summed E-state index contributed by atoms with van der Waals surface area (Å²) in [6.07, 6.45) is 0.260. The number of rotatable bonds is 6. The average Bonchev–Trinajstić information content (AvgIpc) is 3.00. The predicted molar refractivity (Wildman–Crippen MR) is 176 cm³/mol. The Hall–Kier alpha value is -4.23. The van der Waals surface area contributed by atoms with E-state index >= 15 is 0 Å². The Bertz CT molecular complexity index is 1720. The molecule has 12 nitrogen and oxygen atoms in total. The van der Waals surface area contributed by atoms with E-state index < -0.39 is 58.0 Å². The summed E-state index contributed by atoms with van der Waals surface area (Å²) in [5, 5.41) is 46.3. The molecule has 0 bridgehead atoms. The van der Waals surface area contributed by atoms with Gasteiger partial charge in [-0.25, -0.2) is 0 Å². The van der Waals surface area contributed by atoms with Gasteiger partial charge < -0.3 is 36.0 Å². The Morgan fingerprint density at radius 1 is 1.02 bits per heavy atom. The van der Waals surface area contributed by atoms with E-state index in [0.29, 0.717) is 22.4 Å². The Balaban J connectivity index is 1.43. The standard InChI is InChI=1S/C35H43N5O7/c1-37(2)24-16-21(19-8-6-18(7-9-19)17-40-12-10-39(5)11-13-40)29(41)26-22(24)14-20-15-23-28(38(3)4)31(43)27(34(36)46)33(45)35(23,47)32(44)25(20)30(26)42/h6-9,16,20,23,28,41,43-44,47H,10-15,17H2,1-5H3,(H2,36,46)/t20-,23+,28+,35-/m1/s1. The molecule has 4 atom stereocenters. The van der Waals surface area contributed by atoms with Gasteiger partial charge in [-0.1, -0.05) is 24.3 Å². The van der Waals surface area contributed by atoms with Crippen LogP contribution < -0.4 is 10.6 Å². The van der Waals surface area contributed by atoms with Crippen molar-refractivity contribution in [1.29, 1.82) is 0 Å². The van der Waals surface area contributed by atoms with E-state index in [-0.39, 0.29) is 29.7 Å². The number of phenols is 1. The van der Waals surface area contributed by atoms with Crippen molar-refractivity contribution in [3.05, 3.63) is 69.7 Å². The lowest BCUT2D eigenvalue weighted by molar-refractivity contribution is -0.148. The Morgan fingerprint density at radius 2 is 1.66 bits per heavy atom. The predicted octanol–water partition coefficient (Wildman–Crippen LogP) is 1.60. The lowest BCUT2D eigenvalue weighted by Crippen LogP contribution is -2.63. The number of phenolic OH excluding ortho intramolecular Hbond substituents is 1. The minimum absolute atomic E-state index is 0.00602. The molecule has 1 fully saturated rings. The van der Waals surface area contributed by atoms with Gasteiger partial charge >= 0.3 is 0 Å². The van der Waals surface area contributed by atoms with E-state index in [0.717, 1.165) is 38.3 Å². The summed E-state index contributed by atoms with van der Waals surface area (Å²) < 4.78 is 0. The lowest BCUT2D eigenvalue weighted by Gasteiger charge is -2.50. The first-order valence-electron chi connectivity index (χ1n) is 15.9. The van der Waals surface area contributed by atoms with Crippen molar-refractivity contribution < 1.29 is 34.8 Å². The molecule has 4 aliphatic rings. The third-order valence-electron chi connectivity index (χ3n) is 10.4. The van der Waals surface area contributed by atoms with Gasteiger partial charge in [0.05, 0.1) is 11.6 Å². The number of hydrogen-bond acceptors (Lipinski definition) is 11. The minimum atomic E-state index is -2.68. The van der Waals surface area contributed by atoms with E-state index in [1.165, 1.54) is 4.90 Å². The normalized spacial score (nSPS) is 26.7. The molecule has 1 aliphatic heterocycles. The maximum atomic E-state index is 14.4. The molecule has 1 heterocycles. The molecule has 0 saturated carbocycles. The number of likely N-dealkylation sites (N-methyl/N-ethyl adjacent to an activating group) is 2. The van der Waals surface area contributed by atoms with Gasteiger partial charge in [-0.3, -0.25) is 24.2 Å². The quantitative estimate of drug-likeness (QED) is 0.289. The monoisotopic (exact) mass is 645 g/mol. The number of fused-ring (bicyclic) bond motifs is 3. The Labute approximate surface area is 274 Å². The van der Waals surface area contributed by atoms with Crippen LogP contribution in [0, 0.1) is 11.8 Å². The first kappa shape index (κ1) is 32.7. The summed E-state index contributed by atoms with van der Waals surface area (Å²) in [6, 6.07) is 8.67. The molecule has 250 valence electrons. The second kappa shape index (κ2) is 11.8. The number of nitrogens with two attached hydrogens (primary N) is 1. The molecule has 12 heteroatoms. The molecule has 6 rings (SSSR count). The molecule has 2 aromatic carbocycles. The van der Waals surface area contributed by atoms with E-state index in [2.05, 4.69) is 16.8 Å². The number of ketones is 2. The molecular weight excluding hydrogens is 602 g/mol. The molecule has 2 aromatic rings. The number of carbonyl (C=O) groups excluding carboxylic acids is 3. The number of primary amides is 1. The van der Waals surface area contributed by atoms with Crippen LogP contribution in [-0.4, -0.2) is 126 Å². The van der Waals surface area contributed by atoms with Gasteiger partial charge in [-0.05, 0) is 62.7 Å². The minimum Gasteiger partial charge on any atom is -0.510 e. The number of aromatic hydroxyl groups is 1. The van der Waals surface area contributed by atoms with E-state index in [1.807, 2.05) is 49.3 Å². The molecule has 0 aromatic heterocycles. The first-order chi connectivity index (χ1) is 22.2. The van der Waals surface area contributed by atoms with Crippen molar-refractivity contribution in [3.63, 3.8) is 0 Å². The van der Waals surface area contributed by atoms with Crippen LogP contribution in [0.5, 0.6) is 5.75 Å². The number of amides is 1. The fourth-order valence-corrected chi connectivity index (χ4v) is 7.97. The second-order valence-electron chi connectivity index (χ2n) is 13.8. The second-order valence-corrected chi connectivity index (χ2v) is 13.8. The van der Waals surface area contributed by atoms with Crippen molar-refractivity contribution in [3.8, 4) is 16.9 Å². The molecular formula is C35H43N5O7. The first-order valence-corrected chi connectivity index (χ1v) is 15.9. The van der Waals surface area contributed by atoms with Crippen molar-refractivity contribution in [1.82, 2.24) is 14.7 Å². The number of aliphatic hydroxyl groups is 3. The summed E-state index contributed by atoms with van der Waals surface area (Å²) in [4.78, 5) is 48.4. The van der Waals surface area contributed by atoms with Gasteiger partial charge in [0.1, 0.15) is 22.8 Å². The Morgan fingerprint density at radius 3 is 2.23 bits per heavy atom. The molecule has 0 unspecified atom stereocenters. The molecule has 47 heavy (non-hydrogen) atoms. The number of allylic oxidation sites excluding steroid dienone is 1. The van der Waals surface area contributed by atoms with E-state index in [4.69, 9.17) is 5.73 Å². The zero-order valence-corrected chi connectivity index (χ0v) is 27.4. The summed E-state index contributed by atoms with van der Waals surface area (Å²) in [6.45, 7) is 4.81. The van der Waals surface area contributed by atoms with Crippen LogP contribution >= 0.6 is 0 Å². The summed E-state index contributed by atoms with van der Waals surface area (Å²) >= 11 is 0. The van der Waals surface area contributed by atoms with Crippen molar-refractivity contribution in [2.45, 2.75) is 31.0 Å². The summed E-state index contributed by atoms with van der Waals surface area (Å²) in [7, 11) is 9.02. The van der Waals surface area contributed by atoms with Gasteiger partial charge in [0.25, 0.3) is 5.91 Å². The summed E-state index contributed by atoms with van der Waals surface area (Å²) in [5.74, 6) is -6.65. The van der Waals surface area contributed by atoms with E-state index in [9.17, 15) is 34.8 Å². The fraction of sp³-hybridized carbons (Fsp3) is 0.457. The summed E-state index contributed by atoms with van der Waals surface area (Å²) in [5.41, 5.74) is 5.32. The van der Waals surface area contributed by atoms with E-state index in [1.54, 1.807) is 14.1 Å². The molecule has 6 N–H and O–H groups in total. The van der Waals surface area contributed by atoms with Crippen LogP contribution in [0.3, 0.4) is 0 Å². The van der Waals surface area contributed by atoms with Crippen LogP contribution in [0.1, 0.15) is 27.9 Å². The average molecular weight is 646 g/mol. The number of hydrogen-bond donors (Lipinski definition) is 5. The van der Waals surface area contributed by atoms with Gasteiger partial charge in [-0.15, -0.1) is 0 Å². The number of piperazine rings is 1. The molecule has 1 saturated heterocycles. The smallest absolute Gasteiger partial charge is 0.255 e. The third-order valence-corrected chi connectivity index (χ3v) is 10.4. The van der Waals surface area contributed by atoms with Crippen LogP contribution in [0.2, 0.25) is 0 Å². The number of nitrogens with zero attached hydrogens (tertiary/aromatic N) is 4. The Kier molecular flexibility index (Phi) is 8.20. The van der Waals surface area contributed by atoms with Crippen molar-refractivity contribution in [2.75, 3.05) is 66.3 Å². The van der Waals surface area contributed by atoms with Gasteiger partial charge in [0.2, 0.25) is 5.78 Å². The van der Waals surface area contributed by atoms with Crippen molar-refractivity contribution in [2.24, 2.45) is 17.6 Å². The lowest BCUT2D eigenvalue weighted by atomic mass is 9.58.